The van der Waals surface area contributed by atoms with Crippen molar-refractivity contribution in [1.29, 1.82) is 0 Å². The first-order valence-electron chi connectivity index (χ1n) is 8.29. The second-order valence-electron chi connectivity index (χ2n) is 6.14. The molecule has 25 heavy (non-hydrogen) atoms. The van der Waals surface area contributed by atoms with Crippen molar-refractivity contribution in [3.05, 3.63) is 36.0 Å². The number of fused-ring (bicyclic) bond motifs is 3. The number of hydrogen-bond donors (Lipinski definition) is 0. The van der Waals surface area contributed by atoms with Crippen LogP contribution in [0.4, 0.5) is 5.13 Å². The Balaban J connectivity index is 1.57. The summed E-state index contributed by atoms with van der Waals surface area (Å²) in [7, 11) is 0. The Morgan fingerprint density at radius 2 is 1.96 bits per heavy atom. The van der Waals surface area contributed by atoms with Crippen LogP contribution in [0.5, 0.6) is 0 Å². The lowest BCUT2D eigenvalue weighted by molar-refractivity contribution is 0.912. The van der Waals surface area contributed by atoms with E-state index in [0.717, 1.165) is 49.8 Å². The molecule has 0 spiro atoms. The van der Waals surface area contributed by atoms with Gasteiger partial charge in [0.1, 0.15) is 5.03 Å². The van der Waals surface area contributed by atoms with Crippen LogP contribution in [0.3, 0.4) is 0 Å². The number of rotatable bonds is 3. The van der Waals surface area contributed by atoms with Crippen LogP contribution in [0.15, 0.2) is 39.7 Å². The van der Waals surface area contributed by atoms with Gasteiger partial charge < -0.3 is 4.90 Å². The summed E-state index contributed by atoms with van der Waals surface area (Å²) in [4.78, 5) is 7.13. The van der Waals surface area contributed by atoms with E-state index in [2.05, 4.69) is 32.3 Å². The summed E-state index contributed by atoms with van der Waals surface area (Å²) in [5, 5.41) is 16.4. The maximum absolute atomic E-state index is 4.81. The number of nitrogens with zero attached hydrogens (tertiary/aromatic N) is 6. The topological polar surface area (TPSA) is 59.2 Å². The normalized spacial score (nSPS) is 14.8. The molecule has 0 bridgehead atoms. The molecule has 6 nitrogen and oxygen atoms in total. The highest BCUT2D eigenvalue weighted by atomic mass is 32.2. The minimum atomic E-state index is 0.864. The largest absolute Gasteiger partial charge is 0.347 e. The van der Waals surface area contributed by atoms with E-state index in [4.69, 9.17) is 4.98 Å². The Morgan fingerprint density at radius 1 is 1.12 bits per heavy atom. The molecule has 0 radical (unpaired) electrons. The zero-order chi connectivity index (χ0) is 16.8. The molecular formula is C17H16N6S2. The van der Waals surface area contributed by atoms with Crippen molar-refractivity contribution in [3.63, 3.8) is 0 Å². The summed E-state index contributed by atoms with van der Waals surface area (Å²) in [5.41, 5.74) is 2.89. The molecule has 4 aromatic rings. The van der Waals surface area contributed by atoms with E-state index in [9.17, 15) is 0 Å². The van der Waals surface area contributed by atoms with Gasteiger partial charge in [0, 0.05) is 24.5 Å². The lowest BCUT2D eigenvalue weighted by atomic mass is 10.2. The van der Waals surface area contributed by atoms with Crippen LogP contribution in [-0.4, -0.2) is 37.9 Å². The Labute approximate surface area is 152 Å². The molecule has 0 aliphatic carbocycles. The van der Waals surface area contributed by atoms with Crippen molar-refractivity contribution in [3.8, 4) is 0 Å². The Morgan fingerprint density at radius 3 is 2.84 bits per heavy atom. The van der Waals surface area contributed by atoms with Gasteiger partial charge in [0.25, 0.3) is 0 Å². The minimum Gasteiger partial charge on any atom is -0.347 e. The molecule has 1 aliphatic heterocycles. The first-order valence-corrected chi connectivity index (χ1v) is 9.93. The van der Waals surface area contributed by atoms with Gasteiger partial charge in [-0.25, -0.2) is 9.50 Å². The predicted octanol–water partition coefficient (Wildman–Crippen LogP) is 3.79. The third kappa shape index (κ3) is 2.65. The molecule has 0 amide bonds. The fraction of sp³-hybridized carbons (Fsp3) is 0.294. The van der Waals surface area contributed by atoms with Crippen LogP contribution in [-0.2, 0) is 0 Å². The van der Waals surface area contributed by atoms with Gasteiger partial charge in [0.2, 0.25) is 5.13 Å². The Bertz CT molecular complexity index is 1060. The average molecular weight is 368 g/mol. The summed E-state index contributed by atoms with van der Waals surface area (Å²) in [5.74, 6) is 0. The smallest absolute Gasteiger partial charge is 0.209 e. The van der Waals surface area contributed by atoms with Gasteiger partial charge in [-0.3, -0.25) is 0 Å². The minimum absolute atomic E-state index is 0.864. The molecule has 1 aliphatic rings. The quantitative estimate of drug-likeness (QED) is 0.513. The molecule has 1 saturated heterocycles. The predicted molar refractivity (Wildman–Crippen MR) is 101 cm³/mol. The fourth-order valence-electron chi connectivity index (χ4n) is 3.19. The van der Waals surface area contributed by atoms with Gasteiger partial charge in [-0.05, 0) is 37.6 Å². The van der Waals surface area contributed by atoms with Crippen molar-refractivity contribution in [1.82, 2.24) is 24.8 Å². The zero-order valence-electron chi connectivity index (χ0n) is 13.7. The molecule has 126 valence electrons. The fourth-order valence-corrected chi connectivity index (χ4v) is 5.11. The van der Waals surface area contributed by atoms with E-state index in [-0.39, 0.29) is 0 Å². The molecule has 0 atom stereocenters. The van der Waals surface area contributed by atoms with Gasteiger partial charge >= 0.3 is 0 Å². The van der Waals surface area contributed by atoms with Crippen LogP contribution >= 0.6 is 23.1 Å². The lowest BCUT2D eigenvalue weighted by Crippen LogP contribution is -2.17. The summed E-state index contributed by atoms with van der Waals surface area (Å²) in [6, 6.07) is 10.2. The van der Waals surface area contributed by atoms with E-state index >= 15 is 0 Å². The van der Waals surface area contributed by atoms with E-state index < -0.39 is 0 Å². The van der Waals surface area contributed by atoms with E-state index in [1.165, 1.54) is 12.8 Å². The third-order valence-corrected chi connectivity index (χ3v) is 6.39. The average Bonchev–Trinajstić information content (AvgIpc) is 3.34. The molecule has 0 saturated carbocycles. The maximum atomic E-state index is 4.81. The summed E-state index contributed by atoms with van der Waals surface area (Å²) in [6.45, 7) is 4.16. The van der Waals surface area contributed by atoms with E-state index in [1.54, 1.807) is 23.1 Å². The van der Waals surface area contributed by atoms with Crippen molar-refractivity contribution in [2.24, 2.45) is 0 Å². The molecule has 1 fully saturated rings. The Hall–Kier alpha value is -2.19. The number of aromatic nitrogens is 5. The van der Waals surface area contributed by atoms with Crippen LogP contribution in [0.2, 0.25) is 0 Å². The number of hydrogen-bond acceptors (Lipinski definition) is 7. The maximum Gasteiger partial charge on any atom is 0.209 e. The Kier molecular flexibility index (Phi) is 3.60. The molecule has 0 N–H and O–H groups in total. The molecule has 5 rings (SSSR count). The highest BCUT2D eigenvalue weighted by molar-refractivity contribution is 8.01. The van der Waals surface area contributed by atoms with Gasteiger partial charge in [0.05, 0.1) is 11.2 Å². The molecule has 4 heterocycles. The van der Waals surface area contributed by atoms with E-state index in [0.29, 0.717) is 0 Å². The number of anilines is 1. The SMILES string of the molecule is Cc1cc2nc(Sc3nnc(N4CCCC4)s3)c3ccccc3n2n1. The second-order valence-corrected chi connectivity index (χ2v) is 8.33. The highest BCUT2D eigenvalue weighted by Crippen LogP contribution is 2.36. The van der Waals surface area contributed by atoms with Crippen LogP contribution in [0.1, 0.15) is 18.5 Å². The van der Waals surface area contributed by atoms with Crippen molar-refractivity contribution in [2.45, 2.75) is 29.1 Å². The van der Waals surface area contributed by atoms with Crippen molar-refractivity contribution >= 4 is 44.8 Å². The number of aryl methyl sites for hydroxylation is 1. The van der Waals surface area contributed by atoms with E-state index in [1.807, 2.05) is 29.6 Å². The standard InChI is InChI=1S/C17H16N6S2/c1-11-10-14-18-15(12-6-2-3-7-13(12)23(14)21-11)24-17-20-19-16(25-17)22-8-4-5-9-22/h2-3,6-7,10H,4-5,8-9H2,1H3. The van der Waals surface area contributed by atoms with Gasteiger partial charge in [-0.1, -0.05) is 29.5 Å². The van der Waals surface area contributed by atoms with Crippen molar-refractivity contribution in [2.75, 3.05) is 18.0 Å². The second kappa shape index (κ2) is 5.96. The molecule has 3 aromatic heterocycles. The monoisotopic (exact) mass is 368 g/mol. The molecule has 0 unspecified atom stereocenters. The van der Waals surface area contributed by atoms with Crippen LogP contribution in [0.25, 0.3) is 16.6 Å². The van der Waals surface area contributed by atoms with Gasteiger partial charge in [-0.2, -0.15) is 5.10 Å². The first-order chi connectivity index (χ1) is 12.3. The molecular weight excluding hydrogens is 352 g/mol. The highest BCUT2D eigenvalue weighted by Gasteiger charge is 2.18. The lowest BCUT2D eigenvalue weighted by Gasteiger charge is -2.10. The van der Waals surface area contributed by atoms with Gasteiger partial charge in [0.15, 0.2) is 9.99 Å². The molecule has 1 aromatic carbocycles. The first kappa shape index (κ1) is 15.1. The van der Waals surface area contributed by atoms with Crippen molar-refractivity contribution < 1.29 is 0 Å². The number of para-hydroxylation sites is 1. The van der Waals surface area contributed by atoms with Gasteiger partial charge in [-0.15, -0.1) is 10.2 Å². The summed E-state index contributed by atoms with van der Waals surface area (Å²) < 4.78 is 2.84. The van der Waals surface area contributed by atoms with Crippen LogP contribution < -0.4 is 4.90 Å². The summed E-state index contributed by atoms with van der Waals surface area (Å²) in [6.07, 6.45) is 2.48. The zero-order valence-corrected chi connectivity index (χ0v) is 15.3. The van der Waals surface area contributed by atoms with Crippen LogP contribution in [0, 0.1) is 6.92 Å². The third-order valence-electron chi connectivity index (χ3n) is 4.35. The molecule has 8 heteroatoms. The summed E-state index contributed by atoms with van der Waals surface area (Å²) >= 11 is 3.24. The number of benzene rings is 1.